The summed E-state index contributed by atoms with van der Waals surface area (Å²) in [6, 6.07) is 6.46. The van der Waals surface area contributed by atoms with Gasteiger partial charge in [0.1, 0.15) is 11.5 Å². The molecule has 1 N–H and O–H groups in total. The van der Waals surface area contributed by atoms with Crippen molar-refractivity contribution in [1.82, 2.24) is 10.2 Å². The lowest BCUT2D eigenvalue weighted by Gasteiger charge is -2.32. The van der Waals surface area contributed by atoms with Crippen molar-refractivity contribution in [2.45, 2.75) is 76.5 Å². The Balaban J connectivity index is 1.70. The molecule has 2 fully saturated rings. The van der Waals surface area contributed by atoms with Gasteiger partial charge in [-0.2, -0.15) is 0 Å². The number of benzene rings is 1. The Kier molecular flexibility index (Phi) is 8.87. The SMILES string of the molecule is COc1ccc(CN(CC2CCCO2)C(=S)NC2CCCCCCC2)c(OC)c1. The lowest BCUT2D eigenvalue weighted by atomic mass is 9.97. The highest BCUT2D eigenvalue weighted by Crippen LogP contribution is 2.27. The van der Waals surface area contributed by atoms with E-state index in [9.17, 15) is 0 Å². The zero-order valence-electron chi connectivity index (χ0n) is 18.0. The summed E-state index contributed by atoms with van der Waals surface area (Å²) < 4.78 is 16.9. The van der Waals surface area contributed by atoms with E-state index < -0.39 is 0 Å². The van der Waals surface area contributed by atoms with Crippen LogP contribution < -0.4 is 14.8 Å². The number of thiocarbonyl (C=S) groups is 1. The van der Waals surface area contributed by atoms with Gasteiger partial charge < -0.3 is 24.4 Å². The van der Waals surface area contributed by atoms with Crippen LogP contribution in [-0.4, -0.2) is 49.5 Å². The van der Waals surface area contributed by atoms with E-state index in [-0.39, 0.29) is 6.10 Å². The first-order chi connectivity index (χ1) is 14.2. The fraction of sp³-hybridized carbons (Fsp3) is 0.696. The van der Waals surface area contributed by atoms with Crippen molar-refractivity contribution >= 4 is 17.3 Å². The van der Waals surface area contributed by atoms with E-state index in [2.05, 4.69) is 16.3 Å². The van der Waals surface area contributed by atoms with E-state index in [1.807, 2.05) is 12.1 Å². The Labute approximate surface area is 181 Å². The Morgan fingerprint density at radius 2 is 1.83 bits per heavy atom. The van der Waals surface area contributed by atoms with E-state index in [1.165, 1.54) is 44.9 Å². The summed E-state index contributed by atoms with van der Waals surface area (Å²) >= 11 is 5.89. The van der Waals surface area contributed by atoms with Gasteiger partial charge in [-0.25, -0.2) is 0 Å². The van der Waals surface area contributed by atoms with Gasteiger partial charge in [0.05, 0.1) is 20.3 Å². The molecular weight excluding hydrogens is 384 g/mol. The molecule has 1 unspecified atom stereocenters. The molecule has 1 aromatic carbocycles. The van der Waals surface area contributed by atoms with Crippen molar-refractivity contribution in [3.63, 3.8) is 0 Å². The predicted molar refractivity (Wildman–Crippen MR) is 121 cm³/mol. The van der Waals surface area contributed by atoms with Gasteiger partial charge in [-0.15, -0.1) is 0 Å². The molecule has 0 spiro atoms. The Morgan fingerprint density at radius 1 is 1.07 bits per heavy atom. The van der Waals surface area contributed by atoms with Crippen molar-refractivity contribution in [3.8, 4) is 11.5 Å². The minimum Gasteiger partial charge on any atom is -0.497 e. The second kappa shape index (κ2) is 11.6. The number of rotatable bonds is 7. The van der Waals surface area contributed by atoms with Crippen molar-refractivity contribution in [1.29, 1.82) is 0 Å². The average molecular weight is 421 g/mol. The molecule has 1 aliphatic heterocycles. The summed E-state index contributed by atoms with van der Waals surface area (Å²) in [6.45, 7) is 2.37. The third-order valence-corrected chi connectivity index (χ3v) is 6.40. The van der Waals surface area contributed by atoms with Gasteiger partial charge in [-0.3, -0.25) is 0 Å². The van der Waals surface area contributed by atoms with Gasteiger partial charge in [0.25, 0.3) is 0 Å². The van der Waals surface area contributed by atoms with Gasteiger partial charge >= 0.3 is 0 Å². The summed E-state index contributed by atoms with van der Waals surface area (Å²) in [6.07, 6.45) is 11.5. The molecule has 1 saturated heterocycles. The Bertz CT molecular complexity index is 641. The molecule has 0 amide bonds. The first kappa shape index (κ1) is 22.2. The lowest BCUT2D eigenvalue weighted by Crippen LogP contribution is -2.47. The molecule has 1 atom stereocenters. The number of ether oxygens (including phenoxy) is 3. The molecule has 162 valence electrons. The smallest absolute Gasteiger partial charge is 0.169 e. The van der Waals surface area contributed by atoms with Gasteiger partial charge in [0.15, 0.2) is 5.11 Å². The number of methoxy groups -OCH3 is 2. The monoisotopic (exact) mass is 420 g/mol. The van der Waals surface area contributed by atoms with Crippen LogP contribution in [0.5, 0.6) is 11.5 Å². The second-order valence-corrected chi connectivity index (χ2v) is 8.57. The van der Waals surface area contributed by atoms with Crippen LogP contribution in [0.3, 0.4) is 0 Å². The Morgan fingerprint density at radius 3 is 2.48 bits per heavy atom. The predicted octanol–water partition coefficient (Wildman–Crippen LogP) is 4.67. The fourth-order valence-corrected chi connectivity index (χ4v) is 4.61. The molecule has 0 aromatic heterocycles. The highest BCUT2D eigenvalue weighted by molar-refractivity contribution is 7.80. The van der Waals surface area contributed by atoms with Gasteiger partial charge in [0.2, 0.25) is 0 Å². The normalized spacial score (nSPS) is 20.6. The summed E-state index contributed by atoms with van der Waals surface area (Å²) in [5.74, 6) is 1.63. The molecule has 0 radical (unpaired) electrons. The molecule has 5 nitrogen and oxygen atoms in total. The van der Waals surface area contributed by atoms with E-state index in [4.69, 9.17) is 26.4 Å². The van der Waals surface area contributed by atoms with E-state index >= 15 is 0 Å². The van der Waals surface area contributed by atoms with Crippen LogP contribution in [0.25, 0.3) is 0 Å². The summed E-state index contributed by atoms with van der Waals surface area (Å²) in [5.41, 5.74) is 1.10. The third-order valence-electron chi connectivity index (χ3n) is 6.02. The zero-order chi connectivity index (χ0) is 20.5. The molecule has 6 heteroatoms. The molecule has 0 bridgehead atoms. The molecule has 1 saturated carbocycles. The van der Waals surface area contributed by atoms with E-state index in [0.717, 1.165) is 48.2 Å². The second-order valence-electron chi connectivity index (χ2n) is 8.18. The van der Waals surface area contributed by atoms with Crippen molar-refractivity contribution in [2.24, 2.45) is 0 Å². The number of nitrogens with one attached hydrogen (secondary N) is 1. The maximum Gasteiger partial charge on any atom is 0.169 e. The third kappa shape index (κ3) is 6.75. The number of hydrogen-bond donors (Lipinski definition) is 1. The van der Waals surface area contributed by atoms with E-state index in [1.54, 1.807) is 14.2 Å². The summed E-state index contributed by atoms with van der Waals surface area (Å²) in [4.78, 5) is 2.26. The van der Waals surface area contributed by atoms with Crippen LogP contribution in [0, 0.1) is 0 Å². The number of nitrogens with zero attached hydrogens (tertiary/aromatic N) is 1. The topological polar surface area (TPSA) is 43.0 Å². The highest BCUT2D eigenvalue weighted by Gasteiger charge is 2.23. The molecule has 1 heterocycles. The number of hydrogen-bond acceptors (Lipinski definition) is 4. The van der Waals surface area contributed by atoms with Gasteiger partial charge in [-0.05, 0) is 50.0 Å². The highest BCUT2D eigenvalue weighted by atomic mass is 32.1. The van der Waals surface area contributed by atoms with Crippen molar-refractivity contribution in [3.05, 3.63) is 23.8 Å². The van der Waals surface area contributed by atoms with Crippen molar-refractivity contribution in [2.75, 3.05) is 27.4 Å². The quantitative estimate of drug-likeness (QED) is 0.647. The van der Waals surface area contributed by atoms with Crippen LogP contribution >= 0.6 is 12.2 Å². The minimum atomic E-state index is 0.247. The van der Waals surface area contributed by atoms with Gasteiger partial charge in [-0.1, -0.05) is 32.1 Å². The first-order valence-corrected chi connectivity index (χ1v) is 11.5. The van der Waals surface area contributed by atoms with Crippen LogP contribution in [0.15, 0.2) is 18.2 Å². The van der Waals surface area contributed by atoms with Crippen LogP contribution in [0.2, 0.25) is 0 Å². The maximum absolute atomic E-state index is 5.91. The van der Waals surface area contributed by atoms with Crippen LogP contribution in [-0.2, 0) is 11.3 Å². The molecule has 2 aliphatic rings. The van der Waals surface area contributed by atoms with Crippen LogP contribution in [0.4, 0.5) is 0 Å². The first-order valence-electron chi connectivity index (χ1n) is 11.1. The van der Waals surface area contributed by atoms with Crippen LogP contribution in [0.1, 0.15) is 63.4 Å². The molecule has 3 rings (SSSR count). The molecule has 29 heavy (non-hydrogen) atoms. The summed E-state index contributed by atoms with van der Waals surface area (Å²) in [5, 5.41) is 4.51. The minimum absolute atomic E-state index is 0.247. The lowest BCUT2D eigenvalue weighted by molar-refractivity contribution is 0.0893. The largest absolute Gasteiger partial charge is 0.497 e. The molecular formula is C23H36N2O3S. The zero-order valence-corrected chi connectivity index (χ0v) is 18.8. The molecule has 1 aliphatic carbocycles. The van der Waals surface area contributed by atoms with Gasteiger partial charge in [0, 0.05) is 37.4 Å². The average Bonchev–Trinajstić information content (AvgIpc) is 3.22. The summed E-state index contributed by atoms with van der Waals surface area (Å²) in [7, 11) is 3.37. The fourth-order valence-electron chi connectivity index (χ4n) is 4.31. The molecule has 1 aromatic rings. The Hall–Kier alpha value is -1.53. The standard InChI is InChI=1S/C23H36N2O3S/c1-26-20-13-12-18(22(15-20)27-2)16-25(17-21-11-8-14-28-21)23(29)24-19-9-6-4-3-5-7-10-19/h12-13,15,19,21H,3-11,14,16-17H2,1-2H3,(H,24,29). The van der Waals surface area contributed by atoms with E-state index in [0.29, 0.717) is 12.6 Å². The van der Waals surface area contributed by atoms with Crippen molar-refractivity contribution < 1.29 is 14.2 Å². The maximum atomic E-state index is 5.91.